The predicted molar refractivity (Wildman–Crippen MR) is 141 cm³/mol. The van der Waals surface area contributed by atoms with Gasteiger partial charge in [0.1, 0.15) is 17.0 Å². The van der Waals surface area contributed by atoms with Gasteiger partial charge in [0.25, 0.3) is 11.8 Å². The number of nitrogens with zero attached hydrogens (tertiary/aromatic N) is 2. The highest BCUT2D eigenvalue weighted by atomic mass is 16.5. The molecule has 3 aromatic carbocycles. The third kappa shape index (κ3) is 7.15. The second-order valence-electron chi connectivity index (χ2n) is 7.62. The molecule has 0 spiro atoms. The summed E-state index contributed by atoms with van der Waals surface area (Å²) >= 11 is 0. The van der Waals surface area contributed by atoms with Crippen molar-refractivity contribution in [3.05, 3.63) is 96.1 Å². The van der Waals surface area contributed by atoms with Gasteiger partial charge in [-0.15, -0.1) is 0 Å². The van der Waals surface area contributed by atoms with Crippen LogP contribution in [0.2, 0.25) is 0 Å². The number of guanidine groups is 1. The van der Waals surface area contributed by atoms with Gasteiger partial charge in [-0.3, -0.25) is 20.2 Å². The van der Waals surface area contributed by atoms with Gasteiger partial charge in [-0.05, 0) is 59.7 Å². The fourth-order valence-electron chi connectivity index (χ4n) is 3.18. The normalized spacial score (nSPS) is 11.7. The third-order valence-electron chi connectivity index (χ3n) is 5.06. The van der Waals surface area contributed by atoms with Gasteiger partial charge in [-0.1, -0.05) is 36.4 Å². The Hall–Kier alpha value is -5.18. The van der Waals surface area contributed by atoms with Gasteiger partial charge in [-0.2, -0.15) is 9.98 Å². The second kappa shape index (κ2) is 12.0. The van der Waals surface area contributed by atoms with E-state index in [0.717, 1.165) is 11.1 Å². The fraction of sp³-hybridized carbons (Fsp3) is 0.0714. The molecule has 0 aliphatic heterocycles. The lowest BCUT2D eigenvalue weighted by Gasteiger charge is -2.06. The molecule has 0 bridgehead atoms. The van der Waals surface area contributed by atoms with Crippen molar-refractivity contribution in [2.75, 3.05) is 14.2 Å². The summed E-state index contributed by atoms with van der Waals surface area (Å²) in [5, 5.41) is 5.13. The summed E-state index contributed by atoms with van der Waals surface area (Å²) in [6.07, 6.45) is 5.89. The Kier molecular flexibility index (Phi) is 8.07. The first-order valence-corrected chi connectivity index (χ1v) is 11.2. The fourth-order valence-corrected chi connectivity index (χ4v) is 3.18. The molecule has 0 saturated heterocycles. The second-order valence-corrected chi connectivity index (χ2v) is 7.62. The molecule has 0 atom stereocenters. The Labute approximate surface area is 213 Å². The van der Waals surface area contributed by atoms with Crippen molar-refractivity contribution in [3.63, 3.8) is 0 Å². The number of ether oxygens (including phenoxy) is 2. The molecule has 0 aliphatic rings. The summed E-state index contributed by atoms with van der Waals surface area (Å²) in [6, 6.07) is 21.5. The van der Waals surface area contributed by atoms with E-state index in [0.29, 0.717) is 22.6 Å². The molecule has 4 rings (SSSR count). The maximum absolute atomic E-state index is 12.6. The molecule has 9 nitrogen and oxygen atoms in total. The van der Waals surface area contributed by atoms with Gasteiger partial charge in [0, 0.05) is 12.2 Å². The van der Waals surface area contributed by atoms with E-state index < -0.39 is 11.8 Å². The molecular weight excluding hydrogens is 472 g/mol. The van der Waals surface area contributed by atoms with Gasteiger partial charge in [0.05, 0.1) is 14.2 Å². The van der Waals surface area contributed by atoms with E-state index in [-0.39, 0.29) is 12.0 Å². The first-order valence-electron chi connectivity index (χ1n) is 11.2. The van der Waals surface area contributed by atoms with Gasteiger partial charge in [0.15, 0.2) is 5.58 Å². The van der Waals surface area contributed by atoms with Crippen LogP contribution in [0.15, 0.2) is 94.4 Å². The van der Waals surface area contributed by atoms with Crippen LogP contribution in [0.1, 0.15) is 11.1 Å². The van der Waals surface area contributed by atoms with E-state index in [1.165, 1.54) is 12.2 Å². The van der Waals surface area contributed by atoms with Crippen LogP contribution in [0.3, 0.4) is 0 Å². The largest absolute Gasteiger partial charge is 0.497 e. The van der Waals surface area contributed by atoms with Crippen LogP contribution in [0.4, 0.5) is 6.01 Å². The highest BCUT2D eigenvalue weighted by molar-refractivity contribution is 6.11. The molecule has 2 amide bonds. The van der Waals surface area contributed by atoms with Crippen LogP contribution in [0.25, 0.3) is 23.3 Å². The first kappa shape index (κ1) is 24.9. The van der Waals surface area contributed by atoms with Gasteiger partial charge >= 0.3 is 6.01 Å². The monoisotopic (exact) mass is 496 g/mol. The lowest BCUT2D eigenvalue weighted by Crippen LogP contribution is -2.42. The summed E-state index contributed by atoms with van der Waals surface area (Å²) in [7, 11) is 3.16. The van der Waals surface area contributed by atoms with Gasteiger partial charge in [0.2, 0.25) is 5.96 Å². The van der Waals surface area contributed by atoms with Crippen molar-refractivity contribution >= 4 is 47.0 Å². The average molecular weight is 497 g/mol. The van der Waals surface area contributed by atoms with E-state index >= 15 is 0 Å². The number of fused-ring (bicyclic) bond motifs is 1. The Balaban J connectivity index is 1.50. The summed E-state index contributed by atoms with van der Waals surface area (Å²) in [5.74, 6) is 0.259. The van der Waals surface area contributed by atoms with Gasteiger partial charge < -0.3 is 13.9 Å². The number of nitrogens with one attached hydrogen (secondary N) is 2. The molecule has 9 heteroatoms. The Morgan fingerprint density at radius 2 is 1.30 bits per heavy atom. The third-order valence-corrected chi connectivity index (χ3v) is 5.06. The van der Waals surface area contributed by atoms with E-state index in [2.05, 4.69) is 20.6 Å². The molecular formula is C28H24N4O5. The smallest absolute Gasteiger partial charge is 0.326 e. The van der Waals surface area contributed by atoms with Crippen molar-refractivity contribution in [2.45, 2.75) is 0 Å². The number of methoxy groups -OCH3 is 2. The Bertz CT molecular complexity index is 1360. The maximum atomic E-state index is 12.6. The molecule has 2 N–H and O–H groups in total. The van der Waals surface area contributed by atoms with Crippen molar-refractivity contribution in [2.24, 2.45) is 4.99 Å². The lowest BCUT2D eigenvalue weighted by molar-refractivity contribution is -0.115. The zero-order chi connectivity index (χ0) is 26.0. The summed E-state index contributed by atoms with van der Waals surface area (Å²) < 4.78 is 15.9. The number of hydrogen-bond donors (Lipinski definition) is 2. The van der Waals surface area contributed by atoms with Crippen LogP contribution in [-0.4, -0.2) is 37.0 Å². The van der Waals surface area contributed by atoms with Crippen LogP contribution < -0.4 is 20.1 Å². The molecule has 0 radical (unpaired) electrons. The van der Waals surface area contributed by atoms with E-state index in [9.17, 15) is 9.59 Å². The number of aliphatic imine (C=N–C) groups is 1. The summed E-state index contributed by atoms with van der Waals surface area (Å²) in [5.41, 5.74) is 2.70. The number of benzene rings is 3. The standard InChI is InChI=1S/C28H24N4O5/c1-35-21-13-7-19(8-14-21)11-17-25(33)30-27(32-28-29-23-5-3-4-6-24(23)37-28)31-26(34)18-12-20-9-15-22(36-2)16-10-20/h3-18H,1-2H3,(H2,29,30,31,32,33,34)/b17-11-,18-12+. The number of carbonyl (C=O) groups is 2. The zero-order valence-electron chi connectivity index (χ0n) is 20.2. The van der Waals surface area contributed by atoms with Crippen molar-refractivity contribution < 1.29 is 23.5 Å². The van der Waals surface area contributed by atoms with Crippen LogP contribution in [-0.2, 0) is 9.59 Å². The van der Waals surface area contributed by atoms with E-state index in [1.54, 1.807) is 68.8 Å². The van der Waals surface area contributed by atoms with Crippen molar-refractivity contribution in [3.8, 4) is 11.5 Å². The molecule has 0 unspecified atom stereocenters. The molecule has 0 saturated carbocycles. The maximum Gasteiger partial charge on any atom is 0.326 e. The van der Waals surface area contributed by atoms with Crippen LogP contribution in [0, 0.1) is 0 Å². The van der Waals surface area contributed by atoms with Crippen LogP contribution >= 0.6 is 0 Å². The van der Waals surface area contributed by atoms with Crippen LogP contribution in [0.5, 0.6) is 11.5 Å². The number of amides is 2. The van der Waals surface area contributed by atoms with Crippen molar-refractivity contribution in [1.29, 1.82) is 0 Å². The quantitative estimate of drug-likeness (QED) is 0.221. The number of hydrogen-bond acceptors (Lipinski definition) is 7. The summed E-state index contributed by atoms with van der Waals surface area (Å²) in [4.78, 5) is 33.7. The number of oxazole rings is 1. The molecule has 186 valence electrons. The van der Waals surface area contributed by atoms with E-state index in [4.69, 9.17) is 13.9 Å². The minimum absolute atomic E-state index is 0.0185. The first-order chi connectivity index (χ1) is 18.0. The minimum atomic E-state index is -0.509. The van der Waals surface area contributed by atoms with E-state index in [1.807, 2.05) is 30.3 Å². The lowest BCUT2D eigenvalue weighted by atomic mass is 10.2. The topological polar surface area (TPSA) is 115 Å². The molecule has 37 heavy (non-hydrogen) atoms. The number of aromatic nitrogens is 1. The highest BCUT2D eigenvalue weighted by Crippen LogP contribution is 2.20. The number of carbonyl (C=O) groups excluding carboxylic acids is 2. The Morgan fingerprint density at radius 3 is 1.78 bits per heavy atom. The minimum Gasteiger partial charge on any atom is -0.497 e. The number of para-hydroxylation sites is 2. The SMILES string of the molecule is COc1ccc(/C=C\C(=O)NC(=Nc2nc3ccccc3o2)NC(=O)/C=C/c2ccc(OC)cc2)cc1. The van der Waals surface area contributed by atoms with Gasteiger partial charge in [-0.25, -0.2) is 0 Å². The number of rotatable bonds is 7. The molecule has 0 aliphatic carbocycles. The molecule has 0 fully saturated rings. The predicted octanol–water partition coefficient (Wildman–Crippen LogP) is 4.49. The van der Waals surface area contributed by atoms with Crippen molar-refractivity contribution in [1.82, 2.24) is 15.6 Å². The highest BCUT2D eigenvalue weighted by Gasteiger charge is 2.11. The molecule has 1 heterocycles. The Morgan fingerprint density at radius 1 is 0.784 bits per heavy atom. The summed E-state index contributed by atoms with van der Waals surface area (Å²) in [6.45, 7) is 0. The molecule has 1 aromatic heterocycles. The average Bonchev–Trinajstić information content (AvgIpc) is 3.33. The zero-order valence-corrected chi connectivity index (χ0v) is 20.2. The molecule has 4 aromatic rings.